The number of nitrogens with zero attached hydrogens (tertiary/aromatic N) is 2. The van der Waals surface area contributed by atoms with Crippen LogP contribution in [0, 0.1) is 17.3 Å². The summed E-state index contributed by atoms with van der Waals surface area (Å²) in [6.45, 7) is 9.01. The molecule has 2 rings (SSSR count). The monoisotopic (exact) mass is 387 g/mol. The van der Waals surface area contributed by atoms with Gasteiger partial charge in [-0.2, -0.15) is 13.2 Å². The fourth-order valence-corrected chi connectivity index (χ4v) is 3.26. The molecule has 0 spiro atoms. The van der Waals surface area contributed by atoms with Crippen LogP contribution in [0.2, 0.25) is 0 Å². The zero-order valence-electron chi connectivity index (χ0n) is 16.4. The van der Waals surface area contributed by atoms with E-state index in [1.54, 1.807) is 13.8 Å². The van der Waals surface area contributed by atoms with Crippen LogP contribution in [-0.4, -0.2) is 48.6 Å². The number of halogens is 3. The van der Waals surface area contributed by atoms with Crippen molar-refractivity contribution in [1.29, 1.82) is 0 Å². The SMILES string of the molecule is CC(C)C1CN(C)C[C@H]1NC(=O)C(C)(C)COc1ncccc1C(F)(F)F. The molecule has 1 aliphatic rings. The molecule has 8 heteroatoms. The number of carbonyl (C=O) groups is 1. The lowest BCUT2D eigenvalue weighted by Gasteiger charge is -2.29. The molecule has 0 saturated carbocycles. The van der Waals surface area contributed by atoms with Gasteiger partial charge in [0.2, 0.25) is 11.8 Å². The van der Waals surface area contributed by atoms with Gasteiger partial charge in [0.25, 0.3) is 0 Å². The smallest absolute Gasteiger partial charge is 0.421 e. The molecule has 0 aliphatic carbocycles. The molecule has 0 aromatic carbocycles. The lowest BCUT2D eigenvalue weighted by Crippen LogP contribution is -2.49. The molecule has 1 aliphatic heterocycles. The van der Waals surface area contributed by atoms with E-state index in [0.717, 1.165) is 19.2 Å². The van der Waals surface area contributed by atoms with E-state index in [9.17, 15) is 18.0 Å². The summed E-state index contributed by atoms with van der Waals surface area (Å²) in [5.41, 5.74) is -1.94. The number of hydrogen-bond donors (Lipinski definition) is 1. The minimum absolute atomic E-state index is 0.0161. The number of likely N-dealkylation sites (N-methyl/N-ethyl adjacent to an activating group) is 1. The minimum Gasteiger partial charge on any atom is -0.476 e. The number of alkyl halides is 3. The van der Waals surface area contributed by atoms with Crippen molar-refractivity contribution in [2.45, 2.75) is 39.9 Å². The summed E-state index contributed by atoms with van der Waals surface area (Å²) in [6.07, 6.45) is -3.33. The molecule has 2 heterocycles. The molecule has 1 fully saturated rings. The normalized spacial score (nSPS) is 21.5. The van der Waals surface area contributed by atoms with Gasteiger partial charge in [0.1, 0.15) is 12.2 Å². The molecule has 152 valence electrons. The Balaban J connectivity index is 2.03. The predicted molar refractivity (Wildman–Crippen MR) is 96.3 cm³/mol. The van der Waals surface area contributed by atoms with E-state index in [-0.39, 0.29) is 18.6 Å². The molecular weight excluding hydrogens is 359 g/mol. The van der Waals surface area contributed by atoms with Crippen LogP contribution in [0.1, 0.15) is 33.3 Å². The molecule has 0 bridgehead atoms. The second-order valence-corrected chi connectivity index (χ2v) is 8.24. The Labute approximate surface area is 158 Å². The number of amides is 1. The van der Waals surface area contributed by atoms with Crippen LogP contribution in [0.4, 0.5) is 13.2 Å². The highest BCUT2D eigenvalue weighted by molar-refractivity contribution is 5.82. The molecular formula is C19H28F3N3O2. The second-order valence-electron chi connectivity index (χ2n) is 8.24. The first-order valence-electron chi connectivity index (χ1n) is 9.06. The van der Waals surface area contributed by atoms with E-state index in [1.807, 2.05) is 7.05 Å². The summed E-state index contributed by atoms with van der Waals surface area (Å²) in [6, 6.07) is 2.13. The van der Waals surface area contributed by atoms with E-state index in [4.69, 9.17) is 4.74 Å². The van der Waals surface area contributed by atoms with Crippen LogP contribution in [0.25, 0.3) is 0 Å². The number of pyridine rings is 1. The number of ether oxygens (including phenoxy) is 1. The number of nitrogens with one attached hydrogen (secondary N) is 1. The molecule has 1 N–H and O–H groups in total. The third kappa shape index (κ3) is 5.34. The Hall–Kier alpha value is -1.83. The van der Waals surface area contributed by atoms with Crippen LogP contribution >= 0.6 is 0 Å². The Bertz CT molecular complexity index is 662. The van der Waals surface area contributed by atoms with Crippen molar-refractivity contribution in [2.24, 2.45) is 17.3 Å². The number of carbonyl (C=O) groups excluding carboxylic acids is 1. The van der Waals surface area contributed by atoms with Crippen molar-refractivity contribution < 1.29 is 22.7 Å². The van der Waals surface area contributed by atoms with E-state index in [2.05, 4.69) is 29.0 Å². The van der Waals surface area contributed by atoms with Crippen LogP contribution < -0.4 is 10.1 Å². The molecule has 0 radical (unpaired) electrons. The van der Waals surface area contributed by atoms with Crippen molar-refractivity contribution in [3.8, 4) is 5.88 Å². The molecule has 1 aromatic rings. The average Bonchev–Trinajstić information content (AvgIpc) is 2.93. The van der Waals surface area contributed by atoms with E-state index in [0.29, 0.717) is 11.8 Å². The molecule has 2 atom stereocenters. The summed E-state index contributed by atoms with van der Waals surface area (Å²) in [5.74, 6) is 0.00948. The van der Waals surface area contributed by atoms with Crippen LogP contribution in [-0.2, 0) is 11.0 Å². The molecule has 1 amide bonds. The summed E-state index contributed by atoms with van der Waals surface area (Å²) in [4.78, 5) is 18.6. The van der Waals surface area contributed by atoms with Gasteiger partial charge in [-0.25, -0.2) is 4.98 Å². The van der Waals surface area contributed by atoms with Gasteiger partial charge in [-0.05, 0) is 44.9 Å². The lowest BCUT2D eigenvalue weighted by atomic mass is 9.88. The van der Waals surface area contributed by atoms with Crippen molar-refractivity contribution in [3.05, 3.63) is 23.9 Å². The highest BCUT2D eigenvalue weighted by Gasteiger charge is 2.39. The second kappa shape index (κ2) is 8.04. The van der Waals surface area contributed by atoms with Gasteiger partial charge in [0.05, 0.1) is 5.41 Å². The summed E-state index contributed by atoms with van der Waals surface area (Å²) in [7, 11) is 2.01. The number of hydrogen-bond acceptors (Lipinski definition) is 4. The lowest BCUT2D eigenvalue weighted by molar-refractivity contribution is -0.139. The average molecular weight is 387 g/mol. The Morgan fingerprint density at radius 2 is 2.04 bits per heavy atom. The number of aromatic nitrogens is 1. The summed E-state index contributed by atoms with van der Waals surface area (Å²) < 4.78 is 44.5. The van der Waals surface area contributed by atoms with Gasteiger partial charge in [-0.3, -0.25) is 4.79 Å². The summed E-state index contributed by atoms with van der Waals surface area (Å²) in [5, 5.41) is 3.06. The van der Waals surface area contributed by atoms with Crippen molar-refractivity contribution in [2.75, 3.05) is 26.7 Å². The first-order valence-corrected chi connectivity index (χ1v) is 9.06. The highest BCUT2D eigenvalue weighted by Crippen LogP contribution is 2.35. The van der Waals surface area contributed by atoms with Crippen molar-refractivity contribution in [1.82, 2.24) is 15.2 Å². The van der Waals surface area contributed by atoms with Gasteiger partial charge in [0, 0.05) is 25.3 Å². The maximum atomic E-state index is 13.0. The first kappa shape index (κ1) is 21.5. The molecule has 5 nitrogen and oxygen atoms in total. The van der Waals surface area contributed by atoms with Crippen LogP contribution in [0.5, 0.6) is 5.88 Å². The van der Waals surface area contributed by atoms with Gasteiger partial charge in [-0.1, -0.05) is 13.8 Å². The Kier molecular flexibility index (Phi) is 6.39. The van der Waals surface area contributed by atoms with Gasteiger partial charge >= 0.3 is 6.18 Å². The highest BCUT2D eigenvalue weighted by atomic mass is 19.4. The zero-order valence-corrected chi connectivity index (χ0v) is 16.4. The first-order chi connectivity index (χ1) is 12.4. The largest absolute Gasteiger partial charge is 0.476 e. The minimum atomic E-state index is -4.56. The van der Waals surface area contributed by atoms with Crippen molar-refractivity contribution >= 4 is 5.91 Å². The molecule has 1 aromatic heterocycles. The number of likely N-dealkylation sites (tertiary alicyclic amines) is 1. The van der Waals surface area contributed by atoms with Crippen molar-refractivity contribution in [3.63, 3.8) is 0 Å². The maximum Gasteiger partial charge on any atom is 0.421 e. The standard InChI is InChI=1S/C19H28F3N3O2/c1-12(2)13-9-25(5)10-15(13)24-17(26)18(3,4)11-27-16-14(19(20,21)22)7-6-8-23-16/h6-8,12-13,15H,9-11H2,1-5H3,(H,24,26)/t13?,15-/m1/s1. The maximum absolute atomic E-state index is 13.0. The van der Waals surface area contributed by atoms with Gasteiger partial charge in [-0.15, -0.1) is 0 Å². The zero-order chi connectivity index (χ0) is 20.4. The molecule has 1 unspecified atom stereocenters. The fourth-order valence-electron chi connectivity index (χ4n) is 3.26. The quantitative estimate of drug-likeness (QED) is 0.815. The predicted octanol–water partition coefficient (Wildman–Crippen LogP) is 3.21. The Morgan fingerprint density at radius 3 is 2.63 bits per heavy atom. The van der Waals surface area contributed by atoms with E-state index in [1.165, 1.54) is 12.3 Å². The molecule has 1 saturated heterocycles. The van der Waals surface area contributed by atoms with E-state index < -0.39 is 23.0 Å². The van der Waals surface area contributed by atoms with Crippen LogP contribution in [0.3, 0.4) is 0 Å². The fraction of sp³-hybridized carbons (Fsp3) is 0.684. The third-order valence-electron chi connectivity index (χ3n) is 4.98. The molecule has 27 heavy (non-hydrogen) atoms. The van der Waals surface area contributed by atoms with E-state index >= 15 is 0 Å². The van der Waals surface area contributed by atoms with Gasteiger partial charge < -0.3 is 15.0 Å². The topological polar surface area (TPSA) is 54.5 Å². The van der Waals surface area contributed by atoms with Crippen LogP contribution in [0.15, 0.2) is 18.3 Å². The number of rotatable bonds is 6. The summed E-state index contributed by atoms with van der Waals surface area (Å²) >= 11 is 0. The Morgan fingerprint density at radius 1 is 1.37 bits per heavy atom. The van der Waals surface area contributed by atoms with Gasteiger partial charge in [0.15, 0.2) is 0 Å². The third-order valence-corrected chi connectivity index (χ3v) is 4.98.